The predicted molar refractivity (Wildman–Crippen MR) is 47.1 cm³/mol. The molecule has 0 aliphatic rings. The normalized spacial score (nSPS) is 11.2. The molecule has 1 aromatic rings. The summed E-state index contributed by atoms with van der Waals surface area (Å²) >= 11 is 5.41. The molecule has 2 N–H and O–H groups in total. The van der Waals surface area contributed by atoms with Gasteiger partial charge in [0, 0.05) is 5.56 Å². The number of hydrogen-bond acceptors (Lipinski definition) is 3. The highest BCUT2D eigenvalue weighted by atomic mass is 35.5. The van der Waals surface area contributed by atoms with E-state index in [-0.39, 0.29) is 5.17 Å². The number of carbonyl (C=O) groups excluding carboxylic acids is 1. The number of benzene rings is 1. The summed E-state index contributed by atoms with van der Waals surface area (Å²) in [6, 6.07) is 9.39. The van der Waals surface area contributed by atoms with E-state index in [1.807, 2.05) is 0 Å². The number of nitrogens with two attached hydrogens (primary N) is 1. The van der Waals surface area contributed by atoms with Crippen molar-refractivity contribution in [1.82, 2.24) is 0 Å². The van der Waals surface area contributed by atoms with Gasteiger partial charge < -0.3 is 5.84 Å². The largest absolute Gasteiger partial charge is 0.322 e. The molecular formula is C8H6ClN2O. The summed E-state index contributed by atoms with van der Waals surface area (Å²) in [6.45, 7) is 0. The van der Waals surface area contributed by atoms with Gasteiger partial charge in [-0.3, -0.25) is 4.79 Å². The first-order valence-electron chi connectivity index (χ1n) is 3.20. The van der Waals surface area contributed by atoms with Crippen LogP contribution in [0.4, 0.5) is 0 Å². The number of hydrogen-bond donors (Lipinski definition) is 1. The molecule has 1 radical (unpaired) electrons. The van der Waals surface area contributed by atoms with E-state index in [0.717, 1.165) is 0 Å². The molecule has 0 unspecified atom stereocenters. The van der Waals surface area contributed by atoms with Crippen molar-refractivity contribution in [1.29, 1.82) is 0 Å². The Labute approximate surface area is 74.8 Å². The molecule has 0 aromatic heterocycles. The number of halogens is 1. The average Bonchev–Trinajstić information content (AvgIpc) is 2.17. The number of hydrazone groups is 1. The second-order valence-corrected chi connectivity index (χ2v) is 2.38. The van der Waals surface area contributed by atoms with Crippen molar-refractivity contribution in [3.8, 4) is 0 Å². The molecule has 61 valence electrons. The highest BCUT2D eigenvalue weighted by Gasteiger charge is 2.10. The standard InChI is InChI=1S/C8H6ClN2O/c9-8(11-10)7(12)6-4-2-1-3-5-6/h1-4H,10H2. The fraction of sp³-hybridized carbons (Fsp3) is 0. The molecule has 0 saturated heterocycles. The molecule has 0 fully saturated rings. The number of nitrogens with zero attached hydrogens (tertiary/aromatic N) is 1. The molecule has 4 heteroatoms. The molecule has 1 aromatic carbocycles. The van der Waals surface area contributed by atoms with E-state index in [2.05, 4.69) is 11.2 Å². The van der Waals surface area contributed by atoms with Crippen molar-refractivity contribution in [2.75, 3.05) is 0 Å². The Balaban J connectivity index is 2.94. The van der Waals surface area contributed by atoms with Crippen LogP contribution in [0.5, 0.6) is 0 Å². The van der Waals surface area contributed by atoms with Crippen molar-refractivity contribution in [3.05, 3.63) is 35.9 Å². The van der Waals surface area contributed by atoms with Crippen LogP contribution < -0.4 is 5.84 Å². The zero-order chi connectivity index (χ0) is 8.97. The average molecular weight is 182 g/mol. The van der Waals surface area contributed by atoms with Gasteiger partial charge in [0.25, 0.3) is 0 Å². The third-order valence-corrected chi connectivity index (χ3v) is 1.52. The summed E-state index contributed by atoms with van der Waals surface area (Å²) < 4.78 is 0. The predicted octanol–water partition coefficient (Wildman–Crippen LogP) is 1.18. The first kappa shape index (κ1) is 8.74. The van der Waals surface area contributed by atoms with Crippen LogP contribution in [0.2, 0.25) is 0 Å². The molecule has 1 rings (SSSR count). The van der Waals surface area contributed by atoms with E-state index in [1.165, 1.54) is 0 Å². The lowest BCUT2D eigenvalue weighted by atomic mass is 10.1. The van der Waals surface area contributed by atoms with Gasteiger partial charge in [0.05, 0.1) is 0 Å². The number of carbonyl (C=O) groups is 1. The summed E-state index contributed by atoms with van der Waals surface area (Å²) in [5.41, 5.74) is 0.358. The monoisotopic (exact) mass is 181 g/mol. The van der Waals surface area contributed by atoms with Gasteiger partial charge in [0.2, 0.25) is 5.78 Å². The van der Waals surface area contributed by atoms with Crippen LogP contribution in [-0.2, 0) is 0 Å². The van der Waals surface area contributed by atoms with Gasteiger partial charge in [-0.05, 0) is 6.07 Å². The smallest absolute Gasteiger partial charge is 0.225 e. The second-order valence-electron chi connectivity index (χ2n) is 2.03. The van der Waals surface area contributed by atoms with Gasteiger partial charge in [-0.15, -0.1) is 0 Å². The fourth-order valence-electron chi connectivity index (χ4n) is 0.704. The van der Waals surface area contributed by atoms with Crippen molar-refractivity contribution < 1.29 is 4.79 Å². The molecule has 0 amide bonds. The summed E-state index contributed by atoms with van der Waals surface area (Å²) in [5, 5.41) is 2.84. The minimum Gasteiger partial charge on any atom is -0.322 e. The van der Waals surface area contributed by atoms with Crippen LogP contribution in [-0.4, -0.2) is 11.0 Å². The van der Waals surface area contributed by atoms with Crippen LogP contribution in [0.3, 0.4) is 0 Å². The van der Waals surface area contributed by atoms with Crippen molar-refractivity contribution >= 4 is 22.6 Å². The van der Waals surface area contributed by atoms with Gasteiger partial charge in [-0.1, -0.05) is 35.9 Å². The molecule has 3 nitrogen and oxygen atoms in total. The van der Waals surface area contributed by atoms with E-state index in [1.54, 1.807) is 24.3 Å². The van der Waals surface area contributed by atoms with Crippen LogP contribution >= 0.6 is 11.6 Å². The van der Waals surface area contributed by atoms with E-state index in [9.17, 15) is 4.79 Å². The van der Waals surface area contributed by atoms with Crippen LogP contribution in [0.25, 0.3) is 0 Å². The van der Waals surface area contributed by atoms with Crippen molar-refractivity contribution in [3.63, 3.8) is 0 Å². The molecule has 0 bridgehead atoms. The lowest BCUT2D eigenvalue weighted by Gasteiger charge is -1.94. The van der Waals surface area contributed by atoms with E-state index in [0.29, 0.717) is 5.56 Å². The highest BCUT2D eigenvalue weighted by Crippen LogP contribution is 2.01. The van der Waals surface area contributed by atoms with Crippen LogP contribution in [0, 0.1) is 6.07 Å². The minimum atomic E-state index is -0.417. The van der Waals surface area contributed by atoms with Gasteiger partial charge >= 0.3 is 0 Å². The summed E-state index contributed by atoms with van der Waals surface area (Å²) in [4.78, 5) is 11.2. The van der Waals surface area contributed by atoms with Crippen LogP contribution in [0.1, 0.15) is 10.4 Å². The molecule has 0 spiro atoms. The SMILES string of the molecule is NN=C(Cl)C(=O)c1[c]cccc1. The lowest BCUT2D eigenvalue weighted by Crippen LogP contribution is -2.09. The molecule has 0 heterocycles. The topological polar surface area (TPSA) is 55.4 Å². The third kappa shape index (κ3) is 1.83. The van der Waals surface area contributed by atoms with E-state index < -0.39 is 5.78 Å². The summed E-state index contributed by atoms with van der Waals surface area (Å²) in [5.74, 6) is 4.41. The number of rotatable bonds is 2. The number of Topliss-reactive ketones (excluding diaryl/α,β-unsaturated/α-hetero) is 1. The lowest BCUT2D eigenvalue weighted by molar-refractivity contribution is 0.106. The van der Waals surface area contributed by atoms with E-state index in [4.69, 9.17) is 17.4 Å². The van der Waals surface area contributed by atoms with Crippen molar-refractivity contribution in [2.45, 2.75) is 0 Å². The Bertz CT molecular complexity index is 308. The Kier molecular flexibility index (Phi) is 2.82. The van der Waals surface area contributed by atoms with Gasteiger partial charge in [0.15, 0.2) is 5.17 Å². The fourth-order valence-corrected chi connectivity index (χ4v) is 0.806. The molecular weight excluding hydrogens is 176 g/mol. The van der Waals surface area contributed by atoms with Gasteiger partial charge in [-0.25, -0.2) is 0 Å². The first-order valence-corrected chi connectivity index (χ1v) is 3.58. The minimum absolute atomic E-state index is 0.238. The zero-order valence-electron chi connectivity index (χ0n) is 6.12. The highest BCUT2D eigenvalue weighted by molar-refractivity contribution is 6.84. The Morgan fingerprint density at radius 1 is 1.58 bits per heavy atom. The van der Waals surface area contributed by atoms with E-state index >= 15 is 0 Å². The maximum absolute atomic E-state index is 11.2. The zero-order valence-corrected chi connectivity index (χ0v) is 6.88. The van der Waals surface area contributed by atoms with Crippen LogP contribution in [0.15, 0.2) is 29.4 Å². The Hall–Kier alpha value is -1.35. The molecule has 0 atom stereocenters. The molecule has 0 aliphatic carbocycles. The maximum atomic E-state index is 11.2. The summed E-state index contributed by atoms with van der Waals surface area (Å²) in [7, 11) is 0. The van der Waals surface area contributed by atoms with Gasteiger partial charge in [0.1, 0.15) is 0 Å². The molecule has 12 heavy (non-hydrogen) atoms. The summed E-state index contributed by atoms with van der Waals surface area (Å²) in [6.07, 6.45) is 0. The Morgan fingerprint density at radius 2 is 2.33 bits per heavy atom. The van der Waals surface area contributed by atoms with Gasteiger partial charge in [-0.2, -0.15) is 5.10 Å². The van der Waals surface area contributed by atoms with Crippen molar-refractivity contribution in [2.24, 2.45) is 10.9 Å². The molecule has 0 aliphatic heterocycles. The molecule has 0 saturated carbocycles. The maximum Gasteiger partial charge on any atom is 0.225 e. The number of ketones is 1. The third-order valence-electron chi connectivity index (χ3n) is 1.25. The first-order chi connectivity index (χ1) is 5.75. The second kappa shape index (κ2) is 3.88. The Morgan fingerprint density at radius 3 is 2.83 bits per heavy atom. The quantitative estimate of drug-likeness (QED) is 0.322.